The number of para-hydroxylation sites is 1. The molecular formula is C31H37N7O3. The number of amides is 2. The molecule has 1 fully saturated rings. The molecule has 0 radical (unpaired) electrons. The van der Waals surface area contributed by atoms with Gasteiger partial charge in [-0.3, -0.25) is 30.0 Å². The van der Waals surface area contributed by atoms with Gasteiger partial charge >= 0.3 is 0 Å². The highest BCUT2D eigenvalue weighted by Crippen LogP contribution is 2.22. The van der Waals surface area contributed by atoms with E-state index >= 15 is 0 Å². The van der Waals surface area contributed by atoms with Gasteiger partial charge in [-0.1, -0.05) is 36.8 Å². The minimum absolute atomic E-state index is 0.0585. The lowest BCUT2D eigenvalue weighted by Crippen LogP contribution is -2.46. The van der Waals surface area contributed by atoms with E-state index < -0.39 is 0 Å². The molecule has 3 N–H and O–H groups in total. The molecule has 214 valence electrons. The standard InChI is InChI=1S/C31H37N7O3/c1-41-22-28-15-9-17-38(28)36-29(39)16-7-2-4-12-26-21-37(27-13-5-3-6-14-27)31(34-26)35-30(40)24-11-8-10-23(18-24)25-19-32-33-20-25/h3,5-6,8,10-11,13-14,18-21,28H,2,4,7,9,12,15-17,22H2,1H3,(H,32,33)(H,36,39)(H,34,35,40)/t28-/m1/s1. The van der Waals surface area contributed by atoms with Crippen LogP contribution in [0.25, 0.3) is 16.8 Å². The number of imidazole rings is 1. The predicted molar refractivity (Wildman–Crippen MR) is 157 cm³/mol. The molecule has 2 aromatic heterocycles. The van der Waals surface area contributed by atoms with Gasteiger partial charge in [-0.25, -0.2) is 9.99 Å². The summed E-state index contributed by atoms with van der Waals surface area (Å²) in [7, 11) is 1.69. The fourth-order valence-corrected chi connectivity index (χ4v) is 5.18. The summed E-state index contributed by atoms with van der Waals surface area (Å²) in [4.78, 5) is 30.4. The topological polar surface area (TPSA) is 117 Å². The minimum atomic E-state index is -0.235. The van der Waals surface area contributed by atoms with Crippen LogP contribution in [0, 0.1) is 0 Å². The number of H-pyrrole nitrogens is 1. The summed E-state index contributed by atoms with van der Waals surface area (Å²) in [5.74, 6) is 0.296. The third-order valence-corrected chi connectivity index (χ3v) is 7.31. The van der Waals surface area contributed by atoms with Crippen LogP contribution in [0.15, 0.2) is 73.2 Å². The maximum absolute atomic E-state index is 13.2. The van der Waals surface area contributed by atoms with Gasteiger partial charge < -0.3 is 4.74 Å². The van der Waals surface area contributed by atoms with Crippen molar-refractivity contribution >= 4 is 17.8 Å². The van der Waals surface area contributed by atoms with E-state index in [0.717, 1.165) is 67.6 Å². The monoisotopic (exact) mass is 555 g/mol. The number of carbonyl (C=O) groups excluding carboxylic acids is 2. The van der Waals surface area contributed by atoms with Crippen LogP contribution in [-0.4, -0.2) is 62.9 Å². The number of aromatic amines is 1. The second-order valence-corrected chi connectivity index (χ2v) is 10.3. The molecule has 4 aromatic rings. The quantitative estimate of drug-likeness (QED) is 0.205. The van der Waals surface area contributed by atoms with Crippen LogP contribution in [-0.2, 0) is 16.0 Å². The number of nitrogens with zero attached hydrogens (tertiary/aromatic N) is 4. The zero-order chi connectivity index (χ0) is 28.4. The van der Waals surface area contributed by atoms with Crippen LogP contribution in [0.5, 0.6) is 0 Å². The van der Waals surface area contributed by atoms with Gasteiger partial charge in [0.15, 0.2) is 0 Å². The van der Waals surface area contributed by atoms with Gasteiger partial charge in [0.2, 0.25) is 11.9 Å². The number of hydrazine groups is 1. The number of ether oxygens (including phenoxy) is 1. The number of anilines is 1. The van der Waals surface area contributed by atoms with Crippen molar-refractivity contribution < 1.29 is 14.3 Å². The van der Waals surface area contributed by atoms with Gasteiger partial charge in [0.05, 0.1) is 24.5 Å². The van der Waals surface area contributed by atoms with Crippen molar-refractivity contribution in [3.63, 3.8) is 0 Å². The number of carbonyl (C=O) groups is 2. The molecule has 1 saturated heterocycles. The molecule has 0 unspecified atom stereocenters. The fraction of sp³-hybridized carbons (Fsp3) is 0.355. The zero-order valence-electron chi connectivity index (χ0n) is 23.4. The van der Waals surface area contributed by atoms with E-state index in [9.17, 15) is 9.59 Å². The summed E-state index contributed by atoms with van der Waals surface area (Å²) >= 11 is 0. The van der Waals surface area contributed by atoms with Crippen molar-refractivity contribution in [2.75, 3.05) is 25.6 Å². The van der Waals surface area contributed by atoms with Gasteiger partial charge in [0, 0.05) is 49.3 Å². The summed E-state index contributed by atoms with van der Waals surface area (Å²) in [6.07, 6.45) is 11.5. The molecule has 0 saturated carbocycles. The molecule has 0 bridgehead atoms. The van der Waals surface area contributed by atoms with Crippen molar-refractivity contribution in [3.05, 3.63) is 84.4 Å². The third-order valence-electron chi connectivity index (χ3n) is 7.31. The summed E-state index contributed by atoms with van der Waals surface area (Å²) in [6.45, 7) is 1.51. The van der Waals surface area contributed by atoms with E-state index in [-0.39, 0.29) is 17.9 Å². The Bertz CT molecular complexity index is 1420. The number of rotatable bonds is 13. The summed E-state index contributed by atoms with van der Waals surface area (Å²) in [5, 5.41) is 11.8. The molecule has 2 aromatic carbocycles. The van der Waals surface area contributed by atoms with Crippen LogP contribution >= 0.6 is 0 Å². The maximum atomic E-state index is 13.2. The van der Waals surface area contributed by atoms with E-state index in [0.29, 0.717) is 24.5 Å². The first-order valence-electron chi connectivity index (χ1n) is 14.2. The van der Waals surface area contributed by atoms with Crippen molar-refractivity contribution in [3.8, 4) is 16.8 Å². The second-order valence-electron chi connectivity index (χ2n) is 10.3. The molecule has 5 rings (SSSR count). The molecule has 1 aliphatic rings. The molecular weight excluding hydrogens is 518 g/mol. The Morgan fingerprint density at radius 1 is 1.07 bits per heavy atom. The van der Waals surface area contributed by atoms with E-state index in [2.05, 4.69) is 20.9 Å². The van der Waals surface area contributed by atoms with Gasteiger partial charge in [-0.2, -0.15) is 5.10 Å². The Balaban J connectivity index is 1.17. The van der Waals surface area contributed by atoms with E-state index in [1.54, 1.807) is 25.6 Å². The summed E-state index contributed by atoms with van der Waals surface area (Å²) in [5.41, 5.74) is 7.21. The highest BCUT2D eigenvalue weighted by molar-refractivity contribution is 6.04. The number of hydrogen-bond acceptors (Lipinski definition) is 6. The Hall–Kier alpha value is -4.28. The van der Waals surface area contributed by atoms with Crippen LogP contribution in [0.4, 0.5) is 5.95 Å². The summed E-state index contributed by atoms with van der Waals surface area (Å²) < 4.78 is 7.18. The first kappa shape index (κ1) is 28.3. The number of unbranched alkanes of at least 4 members (excludes halogenated alkanes) is 2. The Morgan fingerprint density at radius 2 is 1.95 bits per heavy atom. The SMILES string of the molecule is COC[C@H]1CCCN1NC(=O)CCCCCc1cn(-c2ccccc2)c(NC(=O)c2cccc(-c3cn[nH]c3)c2)n1. The highest BCUT2D eigenvalue weighted by atomic mass is 16.5. The third kappa shape index (κ3) is 7.47. The largest absolute Gasteiger partial charge is 0.383 e. The number of aromatic nitrogens is 4. The molecule has 1 aliphatic heterocycles. The van der Waals surface area contributed by atoms with E-state index in [1.165, 1.54) is 0 Å². The first-order valence-corrected chi connectivity index (χ1v) is 14.2. The first-order chi connectivity index (χ1) is 20.1. The molecule has 1 atom stereocenters. The molecule has 0 aliphatic carbocycles. The highest BCUT2D eigenvalue weighted by Gasteiger charge is 2.25. The van der Waals surface area contributed by atoms with E-state index in [4.69, 9.17) is 9.72 Å². The zero-order valence-corrected chi connectivity index (χ0v) is 23.4. The maximum Gasteiger partial charge on any atom is 0.258 e. The molecule has 41 heavy (non-hydrogen) atoms. The van der Waals surface area contributed by atoms with Crippen LogP contribution in [0.3, 0.4) is 0 Å². The molecule has 3 heterocycles. The number of aryl methyl sites for hydroxylation is 1. The normalized spacial score (nSPS) is 15.2. The Labute approximate surface area is 240 Å². The number of hydrogen-bond donors (Lipinski definition) is 3. The Kier molecular flexibility index (Phi) is 9.56. The van der Waals surface area contributed by atoms with Crippen molar-refractivity contribution in [2.24, 2.45) is 0 Å². The average molecular weight is 556 g/mol. The molecule has 10 nitrogen and oxygen atoms in total. The lowest BCUT2D eigenvalue weighted by molar-refractivity contribution is -0.126. The second kappa shape index (κ2) is 13.9. The van der Waals surface area contributed by atoms with Gasteiger partial charge in [-0.05, 0) is 61.9 Å². The van der Waals surface area contributed by atoms with Crippen molar-refractivity contribution in [2.45, 2.75) is 51.0 Å². The van der Waals surface area contributed by atoms with Gasteiger partial charge in [-0.15, -0.1) is 0 Å². The van der Waals surface area contributed by atoms with E-state index in [1.807, 2.05) is 64.3 Å². The van der Waals surface area contributed by atoms with Crippen LogP contribution in [0.1, 0.15) is 54.6 Å². The molecule has 0 spiro atoms. The minimum Gasteiger partial charge on any atom is -0.383 e. The average Bonchev–Trinajstić information content (AvgIpc) is 3.76. The lowest BCUT2D eigenvalue weighted by Gasteiger charge is -2.24. The van der Waals surface area contributed by atoms with Gasteiger partial charge in [0.1, 0.15) is 0 Å². The smallest absolute Gasteiger partial charge is 0.258 e. The number of benzene rings is 2. The van der Waals surface area contributed by atoms with Crippen molar-refractivity contribution in [1.82, 2.24) is 30.2 Å². The molecule has 2 amide bonds. The van der Waals surface area contributed by atoms with Crippen LogP contribution < -0.4 is 10.7 Å². The lowest BCUT2D eigenvalue weighted by atomic mass is 10.1. The van der Waals surface area contributed by atoms with Crippen LogP contribution in [0.2, 0.25) is 0 Å². The van der Waals surface area contributed by atoms with Crippen molar-refractivity contribution in [1.29, 1.82) is 0 Å². The molecule has 10 heteroatoms. The summed E-state index contributed by atoms with van der Waals surface area (Å²) in [6, 6.07) is 17.5. The number of methoxy groups -OCH3 is 1. The number of nitrogens with one attached hydrogen (secondary N) is 3. The predicted octanol–water partition coefficient (Wildman–Crippen LogP) is 4.76. The fourth-order valence-electron chi connectivity index (χ4n) is 5.18. The van der Waals surface area contributed by atoms with Gasteiger partial charge in [0.25, 0.3) is 5.91 Å². The Morgan fingerprint density at radius 3 is 2.76 bits per heavy atom.